The number of aryl methyl sites for hydroxylation is 2. The van der Waals surface area contributed by atoms with Gasteiger partial charge >= 0.3 is 0 Å². The van der Waals surface area contributed by atoms with E-state index in [-0.39, 0.29) is 5.54 Å². The van der Waals surface area contributed by atoms with Crippen LogP contribution >= 0.6 is 0 Å². The quantitative estimate of drug-likeness (QED) is 0.886. The van der Waals surface area contributed by atoms with Gasteiger partial charge in [0.05, 0.1) is 0 Å². The Balaban J connectivity index is 1.82. The van der Waals surface area contributed by atoms with Crippen LogP contribution in [0, 0.1) is 12.8 Å². The number of hydrogen-bond acceptors (Lipinski definition) is 2. The molecule has 1 aromatic rings. The second-order valence-corrected chi connectivity index (χ2v) is 6.44. The summed E-state index contributed by atoms with van der Waals surface area (Å²) in [7, 11) is 0. The topological polar surface area (TPSA) is 29.3 Å². The Hall–Kier alpha value is -1.02. The Morgan fingerprint density at radius 2 is 2.17 bits per heavy atom. The van der Waals surface area contributed by atoms with Crippen LogP contribution in [0.15, 0.2) is 18.2 Å². The molecule has 2 N–H and O–H groups in total. The number of nitrogens with zero attached hydrogens (tertiary/aromatic N) is 1. The molecule has 1 fully saturated rings. The fraction of sp³-hybridized carbons (Fsp3) is 0.625. The lowest BCUT2D eigenvalue weighted by Gasteiger charge is -2.38. The third-order valence-electron chi connectivity index (χ3n) is 4.49. The smallest absolute Gasteiger partial charge is 0.0399 e. The van der Waals surface area contributed by atoms with E-state index < -0.39 is 0 Å². The summed E-state index contributed by atoms with van der Waals surface area (Å²) in [6, 6.07) is 6.85. The minimum absolute atomic E-state index is 0.0144. The summed E-state index contributed by atoms with van der Waals surface area (Å²) in [5.74, 6) is 0.744. The van der Waals surface area contributed by atoms with Gasteiger partial charge in [-0.05, 0) is 57.1 Å². The molecular weight excluding hydrogens is 220 g/mol. The van der Waals surface area contributed by atoms with Gasteiger partial charge in [0.1, 0.15) is 0 Å². The summed E-state index contributed by atoms with van der Waals surface area (Å²) in [5.41, 5.74) is 10.8. The Kier molecular flexibility index (Phi) is 2.86. The molecule has 0 aromatic heterocycles. The first-order valence-electron chi connectivity index (χ1n) is 7.20. The first-order chi connectivity index (χ1) is 8.56. The van der Waals surface area contributed by atoms with Crippen molar-refractivity contribution < 1.29 is 0 Å². The zero-order chi connectivity index (χ0) is 12.8. The lowest BCUT2D eigenvalue weighted by molar-refractivity contribution is 0.401. The van der Waals surface area contributed by atoms with E-state index in [4.69, 9.17) is 5.73 Å². The maximum absolute atomic E-state index is 6.50. The standard InChI is InChI=1S/C16H24N2/c1-12-5-8-15-13(10-12)4-3-9-18(15)11-16(2,17)14-6-7-14/h5,8,10,14H,3-4,6-7,9,11,17H2,1-2H3. The monoisotopic (exact) mass is 244 g/mol. The van der Waals surface area contributed by atoms with Crippen molar-refractivity contribution in [3.63, 3.8) is 0 Å². The number of hydrogen-bond donors (Lipinski definition) is 1. The summed E-state index contributed by atoms with van der Waals surface area (Å²) in [6.07, 6.45) is 5.12. The number of fused-ring (bicyclic) bond motifs is 1. The molecule has 0 radical (unpaired) electrons. The normalized spacial score (nSPS) is 22.5. The lowest BCUT2D eigenvalue weighted by atomic mass is 9.93. The molecule has 2 heteroatoms. The van der Waals surface area contributed by atoms with E-state index in [9.17, 15) is 0 Å². The summed E-state index contributed by atoms with van der Waals surface area (Å²) < 4.78 is 0. The average molecular weight is 244 g/mol. The van der Waals surface area contributed by atoms with Crippen LogP contribution < -0.4 is 10.6 Å². The van der Waals surface area contributed by atoms with Crippen LogP contribution in [0.25, 0.3) is 0 Å². The van der Waals surface area contributed by atoms with E-state index >= 15 is 0 Å². The predicted molar refractivity (Wildman–Crippen MR) is 77.0 cm³/mol. The van der Waals surface area contributed by atoms with Crippen LogP contribution in [0.1, 0.15) is 37.3 Å². The molecule has 1 aliphatic carbocycles. The molecule has 18 heavy (non-hydrogen) atoms. The minimum Gasteiger partial charge on any atom is -0.369 e. The zero-order valence-corrected chi connectivity index (χ0v) is 11.6. The van der Waals surface area contributed by atoms with Crippen LogP contribution in [-0.2, 0) is 6.42 Å². The second-order valence-electron chi connectivity index (χ2n) is 6.44. The molecule has 1 unspecified atom stereocenters. The van der Waals surface area contributed by atoms with E-state index in [1.165, 1.54) is 42.5 Å². The first kappa shape index (κ1) is 12.0. The second kappa shape index (κ2) is 4.27. The van der Waals surface area contributed by atoms with Gasteiger partial charge in [0.15, 0.2) is 0 Å². The molecule has 2 aliphatic rings. The number of benzene rings is 1. The minimum atomic E-state index is -0.0144. The van der Waals surface area contributed by atoms with Crippen LogP contribution in [0.5, 0.6) is 0 Å². The molecule has 0 bridgehead atoms. The average Bonchev–Trinajstić information content (AvgIpc) is 3.12. The summed E-state index contributed by atoms with van der Waals surface area (Å²) in [4.78, 5) is 2.51. The largest absolute Gasteiger partial charge is 0.369 e. The van der Waals surface area contributed by atoms with Crippen LogP contribution in [0.3, 0.4) is 0 Å². The molecule has 1 heterocycles. The Morgan fingerprint density at radius 3 is 2.89 bits per heavy atom. The highest BCUT2D eigenvalue weighted by Crippen LogP contribution is 2.39. The van der Waals surface area contributed by atoms with Gasteiger partial charge < -0.3 is 10.6 Å². The molecule has 2 nitrogen and oxygen atoms in total. The highest BCUT2D eigenvalue weighted by Gasteiger charge is 2.40. The van der Waals surface area contributed by atoms with E-state index in [0.717, 1.165) is 19.0 Å². The molecular formula is C16H24N2. The molecule has 0 amide bonds. The van der Waals surface area contributed by atoms with Crippen molar-refractivity contribution in [1.29, 1.82) is 0 Å². The molecule has 98 valence electrons. The Labute approximate surface area is 110 Å². The van der Waals surface area contributed by atoms with Crippen molar-refractivity contribution in [2.45, 2.75) is 45.1 Å². The van der Waals surface area contributed by atoms with Gasteiger partial charge in [0.25, 0.3) is 0 Å². The summed E-state index contributed by atoms with van der Waals surface area (Å²) >= 11 is 0. The first-order valence-corrected chi connectivity index (χ1v) is 7.20. The SMILES string of the molecule is Cc1ccc2c(c1)CCCN2CC(C)(N)C1CC1. The van der Waals surface area contributed by atoms with Gasteiger partial charge in [-0.15, -0.1) is 0 Å². The maximum Gasteiger partial charge on any atom is 0.0399 e. The zero-order valence-electron chi connectivity index (χ0n) is 11.6. The van der Waals surface area contributed by atoms with E-state index in [2.05, 4.69) is 36.9 Å². The molecule has 1 aliphatic heterocycles. The maximum atomic E-state index is 6.50. The third-order valence-corrected chi connectivity index (χ3v) is 4.49. The van der Waals surface area contributed by atoms with E-state index in [1.54, 1.807) is 0 Å². The molecule has 1 aromatic carbocycles. The highest BCUT2D eigenvalue weighted by molar-refractivity contribution is 5.57. The van der Waals surface area contributed by atoms with Gasteiger partial charge in [0, 0.05) is 24.3 Å². The van der Waals surface area contributed by atoms with Gasteiger partial charge in [-0.1, -0.05) is 17.7 Å². The highest BCUT2D eigenvalue weighted by atomic mass is 15.2. The van der Waals surface area contributed by atoms with Gasteiger partial charge in [-0.2, -0.15) is 0 Å². The Morgan fingerprint density at radius 1 is 1.39 bits per heavy atom. The Bertz CT molecular complexity index is 446. The van der Waals surface area contributed by atoms with Crippen LogP contribution in [-0.4, -0.2) is 18.6 Å². The van der Waals surface area contributed by atoms with Crippen molar-refractivity contribution in [3.8, 4) is 0 Å². The van der Waals surface area contributed by atoms with Crippen LogP contribution in [0.2, 0.25) is 0 Å². The van der Waals surface area contributed by atoms with Gasteiger partial charge in [-0.25, -0.2) is 0 Å². The summed E-state index contributed by atoms with van der Waals surface area (Å²) in [5, 5.41) is 0. The fourth-order valence-electron chi connectivity index (χ4n) is 3.25. The molecule has 0 spiro atoms. The molecule has 1 saturated carbocycles. The molecule has 1 atom stereocenters. The number of nitrogens with two attached hydrogens (primary N) is 1. The van der Waals surface area contributed by atoms with Crippen LogP contribution in [0.4, 0.5) is 5.69 Å². The molecule has 3 rings (SSSR count). The van der Waals surface area contributed by atoms with Crippen molar-refractivity contribution in [2.75, 3.05) is 18.0 Å². The van der Waals surface area contributed by atoms with Crippen molar-refractivity contribution in [2.24, 2.45) is 11.7 Å². The van der Waals surface area contributed by atoms with E-state index in [0.29, 0.717) is 0 Å². The van der Waals surface area contributed by atoms with Crippen molar-refractivity contribution in [3.05, 3.63) is 29.3 Å². The van der Waals surface area contributed by atoms with Crippen molar-refractivity contribution in [1.82, 2.24) is 0 Å². The molecule has 0 saturated heterocycles. The third kappa shape index (κ3) is 2.26. The number of anilines is 1. The van der Waals surface area contributed by atoms with E-state index in [1.807, 2.05) is 0 Å². The predicted octanol–water partition coefficient (Wildman–Crippen LogP) is 2.88. The van der Waals surface area contributed by atoms with Gasteiger partial charge in [-0.3, -0.25) is 0 Å². The fourth-order valence-corrected chi connectivity index (χ4v) is 3.25. The summed E-state index contributed by atoms with van der Waals surface area (Å²) in [6.45, 7) is 6.58. The number of rotatable bonds is 3. The lowest BCUT2D eigenvalue weighted by Crippen LogP contribution is -2.51. The van der Waals surface area contributed by atoms with Gasteiger partial charge in [0.2, 0.25) is 0 Å². The van der Waals surface area contributed by atoms with Crippen molar-refractivity contribution >= 4 is 5.69 Å².